The van der Waals surface area contributed by atoms with Crippen LogP contribution < -0.4 is 9.47 Å². The fraction of sp³-hybridized carbons (Fsp3) is 0.394. The molecule has 37 heavy (non-hydrogen) atoms. The number of hydrogen-bond acceptors (Lipinski definition) is 4. The summed E-state index contributed by atoms with van der Waals surface area (Å²) in [5.74, 6) is 0.976. The van der Waals surface area contributed by atoms with Crippen molar-refractivity contribution in [3.63, 3.8) is 0 Å². The van der Waals surface area contributed by atoms with E-state index < -0.39 is 5.97 Å². The van der Waals surface area contributed by atoms with E-state index in [1.54, 1.807) is 30.3 Å². The Bertz CT molecular complexity index is 1150. The smallest absolute Gasteiger partial charge is 0.343 e. The molecule has 0 fully saturated rings. The van der Waals surface area contributed by atoms with Crippen LogP contribution in [0, 0.1) is 12.8 Å². The van der Waals surface area contributed by atoms with E-state index in [4.69, 9.17) is 9.47 Å². The molecule has 4 nitrogen and oxygen atoms in total. The molecule has 0 heterocycles. The van der Waals surface area contributed by atoms with Crippen molar-refractivity contribution in [2.45, 2.75) is 72.6 Å². The highest BCUT2D eigenvalue weighted by Gasteiger charge is 2.17. The second-order valence-electron chi connectivity index (χ2n) is 9.76. The van der Waals surface area contributed by atoms with Crippen molar-refractivity contribution in [2.75, 3.05) is 6.61 Å². The maximum absolute atomic E-state index is 12.7. The molecule has 3 aromatic rings. The molecule has 0 N–H and O–H groups in total. The van der Waals surface area contributed by atoms with Gasteiger partial charge >= 0.3 is 5.97 Å². The normalized spacial score (nSPS) is 11.7. The molecule has 0 amide bonds. The van der Waals surface area contributed by atoms with Gasteiger partial charge in [-0.25, -0.2) is 4.79 Å². The van der Waals surface area contributed by atoms with Crippen molar-refractivity contribution in [3.8, 4) is 22.6 Å². The number of benzene rings is 3. The van der Waals surface area contributed by atoms with E-state index in [0.717, 1.165) is 41.9 Å². The highest BCUT2D eigenvalue weighted by molar-refractivity contribution is 5.99. The second-order valence-corrected chi connectivity index (χ2v) is 9.76. The summed E-state index contributed by atoms with van der Waals surface area (Å²) < 4.78 is 11.4. The van der Waals surface area contributed by atoms with Crippen molar-refractivity contribution < 1.29 is 19.1 Å². The van der Waals surface area contributed by atoms with Gasteiger partial charge in [-0.2, -0.15) is 0 Å². The molecule has 4 heteroatoms. The summed E-state index contributed by atoms with van der Waals surface area (Å²) >= 11 is 0. The van der Waals surface area contributed by atoms with Crippen LogP contribution in [0.5, 0.6) is 11.5 Å². The Hall–Kier alpha value is -3.40. The molecular weight excluding hydrogens is 460 g/mol. The van der Waals surface area contributed by atoms with E-state index >= 15 is 0 Å². The number of rotatable bonds is 14. The van der Waals surface area contributed by atoms with Gasteiger partial charge in [-0.15, -0.1) is 0 Å². The van der Waals surface area contributed by atoms with Crippen molar-refractivity contribution in [1.29, 1.82) is 0 Å². The van der Waals surface area contributed by atoms with Crippen LogP contribution in [0.4, 0.5) is 0 Å². The van der Waals surface area contributed by atoms with Crippen LogP contribution in [0.3, 0.4) is 0 Å². The predicted molar refractivity (Wildman–Crippen MR) is 151 cm³/mol. The van der Waals surface area contributed by atoms with E-state index in [1.807, 2.05) is 57.2 Å². The third-order valence-corrected chi connectivity index (χ3v) is 6.81. The van der Waals surface area contributed by atoms with Gasteiger partial charge in [-0.1, -0.05) is 77.1 Å². The first-order valence-corrected chi connectivity index (χ1v) is 13.6. The molecule has 0 aliphatic rings. The molecule has 1 unspecified atom stereocenters. The first kappa shape index (κ1) is 28.2. The lowest BCUT2D eigenvalue weighted by atomic mass is 9.94. The first-order chi connectivity index (χ1) is 17.9. The van der Waals surface area contributed by atoms with Crippen LogP contribution in [-0.4, -0.2) is 18.4 Å². The molecule has 0 radical (unpaired) electrons. The average molecular weight is 501 g/mol. The quantitative estimate of drug-likeness (QED) is 0.0960. The number of carbonyl (C=O) groups is 2. The molecule has 0 aliphatic heterocycles. The highest BCUT2D eigenvalue weighted by Crippen LogP contribution is 2.25. The van der Waals surface area contributed by atoms with Gasteiger partial charge in [0.1, 0.15) is 11.5 Å². The third-order valence-electron chi connectivity index (χ3n) is 6.81. The molecule has 0 aliphatic carbocycles. The lowest BCUT2D eigenvalue weighted by molar-refractivity contribution is 0.0734. The Balaban J connectivity index is 1.53. The maximum Gasteiger partial charge on any atom is 0.343 e. The van der Waals surface area contributed by atoms with Crippen LogP contribution in [0.25, 0.3) is 11.1 Å². The number of hydrogen-bond donors (Lipinski definition) is 0. The molecule has 0 saturated carbocycles. The molecule has 3 rings (SSSR count). The zero-order chi connectivity index (χ0) is 26.6. The van der Waals surface area contributed by atoms with Crippen LogP contribution in [0.15, 0.2) is 66.7 Å². The van der Waals surface area contributed by atoms with Crippen molar-refractivity contribution in [3.05, 3.63) is 83.4 Å². The van der Waals surface area contributed by atoms with E-state index in [2.05, 4.69) is 6.92 Å². The molecule has 0 aromatic heterocycles. The summed E-state index contributed by atoms with van der Waals surface area (Å²) in [5, 5.41) is 0. The van der Waals surface area contributed by atoms with Crippen LogP contribution in [0.1, 0.15) is 92.0 Å². The Morgan fingerprint density at radius 3 is 1.97 bits per heavy atom. The zero-order valence-electron chi connectivity index (χ0n) is 22.7. The van der Waals surface area contributed by atoms with Gasteiger partial charge in [-0.3, -0.25) is 4.79 Å². The number of carbonyl (C=O) groups excluding carboxylic acids is 2. The number of esters is 1. The summed E-state index contributed by atoms with van der Waals surface area (Å²) in [6, 6.07) is 20.6. The van der Waals surface area contributed by atoms with E-state index in [9.17, 15) is 9.59 Å². The molecular formula is C33H40O4. The van der Waals surface area contributed by atoms with Crippen molar-refractivity contribution in [2.24, 2.45) is 5.92 Å². The van der Waals surface area contributed by atoms with Gasteiger partial charge < -0.3 is 9.47 Å². The monoisotopic (exact) mass is 500 g/mol. The van der Waals surface area contributed by atoms with Gasteiger partial charge in [-0.05, 0) is 78.9 Å². The fourth-order valence-corrected chi connectivity index (χ4v) is 4.21. The van der Waals surface area contributed by atoms with Crippen LogP contribution >= 0.6 is 0 Å². The largest absolute Gasteiger partial charge is 0.494 e. The Labute approximate surface area is 222 Å². The Kier molecular flexibility index (Phi) is 10.9. The minimum Gasteiger partial charge on any atom is -0.494 e. The number of unbranched alkanes of at least 4 members (excludes halogenated alkanes) is 5. The molecule has 0 bridgehead atoms. The lowest BCUT2D eigenvalue weighted by Crippen LogP contribution is -2.12. The fourth-order valence-electron chi connectivity index (χ4n) is 4.21. The lowest BCUT2D eigenvalue weighted by Gasteiger charge is -2.12. The van der Waals surface area contributed by atoms with Gasteiger partial charge in [0.15, 0.2) is 5.78 Å². The van der Waals surface area contributed by atoms with E-state index in [1.165, 1.54) is 32.1 Å². The predicted octanol–water partition coefficient (Wildman–Crippen LogP) is 8.85. The Morgan fingerprint density at radius 1 is 0.757 bits per heavy atom. The van der Waals surface area contributed by atoms with Crippen LogP contribution in [0.2, 0.25) is 0 Å². The highest BCUT2D eigenvalue weighted by atomic mass is 16.5. The molecule has 1 atom stereocenters. The molecule has 196 valence electrons. The van der Waals surface area contributed by atoms with Gasteiger partial charge in [0, 0.05) is 11.5 Å². The number of ketones is 1. The summed E-state index contributed by atoms with van der Waals surface area (Å²) in [6.45, 7) is 8.78. The van der Waals surface area contributed by atoms with Gasteiger partial charge in [0.25, 0.3) is 0 Å². The number of ether oxygens (including phenoxy) is 2. The molecule has 3 aromatic carbocycles. The SMILES string of the molecule is CCCCCCCCOc1ccc(-c2ccc(C(=O)Oc3ccc(C(=O)C(C)CC)c(C)c3)cc2)cc1. The minimum absolute atomic E-state index is 0.0283. The van der Waals surface area contributed by atoms with Gasteiger partial charge in [0.2, 0.25) is 0 Å². The third kappa shape index (κ3) is 8.31. The summed E-state index contributed by atoms with van der Waals surface area (Å²) in [7, 11) is 0. The Morgan fingerprint density at radius 2 is 1.35 bits per heavy atom. The van der Waals surface area contributed by atoms with E-state index in [-0.39, 0.29) is 11.7 Å². The second kappa shape index (κ2) is 14.4. The number of Topliss-reactive ketones (excluding diaryl/α,β-unsaturated/α-hetero) is 1. The standard InChI is InChI=1S/C33H40O4/c1-5-7-8-9-10-11-22-36-29-18-16-27(17-19-29)26-12-14-28(15-13-26)33(35)37-30-20-21-31(25(4)23-30)32(34)24(3)6-2/h12-21,23-24H,5-11,22H2,1-4H3. The van der Waals surface area contributed by atoms with Crippen molar-refractivity contribution >= 4 is 11.8 Å². The number of aryl methyl sites for hydroxylation is 1. The van der Waals surface area contributed by atoms with Gasteiger partial charge in [0.05, 0.1) is 12.2 Å². The molecule has 0 saturated heterocycles. The summed E-state index contributed by atoms with van der Waals surface area (Å²) in [6.07, 6.45) is 8.29. The minimum atomic E-state index is -0.426. The maximum atomic E-state index is 12.7. The summed E-state index contributed by atoms with van der Waals surface area (Å²) in [4.78, 5) is 25.2. The molecule has 0 spiro atoms. The zero-order valence-corrected chi connectivity index (χ0v) is 22.7. The van der Waals surface area contributed by atoms with E-state index in [0.29, 0.717) is 16.9 Å². The first-order valence-electron chi connectivity index (χ1n) is 13.6. The topological polar surface area (TPSA) is 52.6 Å². The summed E-state index contributed by atoms with van der Waals surface area (Å²) in [5.41, 5.74) is 4.04. The average Bonchev–Trinajstić information content (AvgIpc) is 2.92. The van der Waals surface area contributed by atoms with Crippen LogP contribution in [-0.2, 0) is 0 Å². The van der Waals surface area contributed by atoms with Crippen molar-refractivity contribution in [1.82, 2.24) is 0 Å².